The summed E-state index contributed by atoms with van der Waals surface area (Å²) >= 11 is 0. The summed E-state index contributed by atoms with van der Waals surface area (Å²) in [6.45, 7) is 4.83. The number of hydrogen-bond donors (Lipinski definition) is 1. The lowest BCUT2D eigenvalue weighted by Gasteiger charge is -2.40. The standard InChI is InChI=1S/C14H27N/c1-14(2)8-7-13(15)12(10-14)9-11-5-3-4-6-11/h11-13H,3-10,15H2,1-2H3. The summed E-state index contributed by atoms with van der Waals surface area (Å²) in [5.41, 5.74) is 6.83. The van der Waals surface area contributed by atoms with Crippen molar-refractivity contribution in [3.8, 4) is 0 Å². The second-order valence-corrected chi connectivity index (χ2v) is 6.72. The van der Waals surface area contributed by atoms with Crippen LogP contribution in [-0.4, -0.2) is 6.04 Å². The molecule has 0 aliphatic heterocycles. The van der Waals surface area contributed by atoms with Crippen molar-refractivity contribution in [3.63, 3.8) is 0 Å². The summed E-state index contributed by atoms with van der Waals surface area (Å²) in [6.07, 6.45) is 11.3. The van der Waals surface area contributed by atoms with Gasteiger partial charge in [-0.3, -0.25) is 0 Å². The van der Waals surface area contributed by atoms with Crippen LogP contribution in [0.2, 0.25) is 0 Å². The zero-order valence-corrected chi connectivity index (χ0v) is 10.5. The van der Waals surface area contributed by atoms with Gasteiger partial charge in [-0.05, 0) is 42.9 Å². The monoisotopic (exact) mass is 209 g/mol. The van der Waals surface area contributed by atoms with Gasteiger partial charge in [0.25, 0.3) is 0 Å². The Hall–Kier alpha value is -0.0400. The molecule has 2 N–H and O–H groups in total. The minimum atomic E-state index is 0.499. The molecule has 0 spiro atoms. The Morgan fingerprint density at radius 1 is 1.13 bits per heavy atom. The second kappa shape index (κ2) is 4.45. The van der Waals surface area contributed by atoms with E-state index in [0.29, 0.717) is 11.5 Å². The van der Waals surface area contributed by atoms with Gasteiger partial charge in [0, 0.05) is 6.04 Å². The Balaban J connectivity index is 1.88. The van der Waals surface area contributed by atoms with E-state index in [4.69, 9.17) is 5.73 Å². The Morgan fingerprint density at radius 2 is 1.80 bits per heavy atom. The molecular formula is C14H27N. The van der Waals surface area contributed by atoms with Crippen LogP contribution in [0.15, 0.2) is 0 Å². The molecule has 2 saturated carbocycles. The number of nitrogens with two attached hydrogens (primary N) is 1. The summed E-state index contributed by atoms with van der Waals surface area (Å²) < 4.78 is 0. The normalized spacial score (nSPS) is 37.0. The maximum atomic E-state index is 6.28. The van der Waals surface area contributed by atoms with Crippen molar-refractivity contribution in [1.82, 2.24) is 0 Å². The van der Waals surface area contributed by atoms with E-state index in [1.54, 1.807) is 0 Å². The van der Waals surface area contributed by atoms with Gasteiger partial charge in [-0.1, -0.05) is 39.5 Å². The molecule has 0 aromatic heterocycles. The highest BCUT2D eigenvalue weighted by Crippen LogP contribution is 2.42. The van der Waals surface area contributed by atoms with Crippen molar-refractivity contribution in [2.24, 2.45) is 23.0 Å². The average molecular weight is 209 g/mol. The third kappa shape index (κ3) is 2.96. The Bertz CT molecular complexity index is 203. The van der Waals surface area contributed by atoms with Gasteiger partial charge in [0.05, 0.1) is 0 Å². The molecule has 2 rings (SSSR count). The van der Waals surface area contributed by atoms with Crippen LogP contribution >= 0.6 is 0 Å². The van der Waals surface area contributed by atoms with Gasteiger partial charge in [-0.15, -0.1) is 0 Å². The zero-order valence-electron chi connectivity index (χ0n) is 10.5. The lowest BCUT2D eigenvalue weighted by molar-refractivity contribution is 0.137. The number of hydrogen-bond acceptors (Lipinski definition) is 1. The Morgan fingerprint density at radius 3 is 2.47 bits per heavy atom. The molecule has 0 amide bonds. The van der Waals surface area contributed by atoms with Crippen molar-refractivity contribution < 1.29 is 0 Å². The molecule has 88 valence electrons. The smallest absolute Gasteiger partial charge is 0.00676 e. The van der Waals surface area contributed by atoms with Crippen LogP contribution < -0.4 is 5.73 Å². The lowest BCUT2D eigenvalue weighted by atomic mass is 9.68. The first-order valence-corrected chi connectivity index (χ1v) is 6.82. The van der Waals surface area contributed by atoms with Gasteiger partial charge in [0.2, 0.25) is 0 Å². The quantitative estimate of drug-likeness (QED) is 0.737. The van der Waals surface area contributed by atoms with Crippen LogP contribution in [0.3, 0.4) is 0 Å². The largest absolute Gasteiger partial charge is 0.327 e. The van der Waals surface area contributed by atoms with Crippen LogP contribution in [0.25, 0.3) is 0 Å². The molecule has 2 aliphatic carbocycles. The second-order valence-electron chi connectivity index (χ2n) is 6.72. The van der Waals surface area contributed by atoms with Gasteiger partial charge >= 0.3 is 0 Å². The van der Waals surface area contributed by atoms with Crippen molar-refractivity contribution in [3.05, 3.63) is 0 Å². The highest BCUT2D eigenvalue weighted by Gasteiger charge is 2.34. The average Bonchev–Trinajstić information content (AvgIpc) is 2.64. The first kappa shape index (κ1) is 11.4. The minimum Gasteiger partial charge on any atom is -0.327 e. The highest BCUT2D eigenvalue weighted by atomic mass is 14.7. The molecule has 0 bridgehead atoms. The summed E-state index contributed by atoms with van der Waals surface area (Å²) in [4.78, 5) is 0. The maximum absolute atomic E-state index is 6.28. The van der Waals surface area contributed by atoms with E-state index in [1.807, 2.05) is 0 Å². The van der Waals surface area contributed by atoms with E-state index in [1.165, 1.54) is 51.4 Å². The fraction of sp³-hybridized carbons (Fsp3) is 1.00. The first-order chi connectivity index (χ1) is 7.07. The zero-order chi connectivity index (χ0) is 10.9. The minimum absolute atomic E-state index is 0.499. The first-order valence-electron chi connectivity index (χ1n) is 6.82. The molecule has 1 heteroatoms. The molecule has 2 fully saturated rings. The topological polar surface area (TPSA) is 26.0 Å². The number of rotatable bonds is 2. The Kier molecular flexibility index (Phi) is 3.39. The molecule has 0 aromatic rings. The molecule has 2 atom stereocenters. The third-order valence-corrected chi connectivity index (χ3v) is 4.69. The molecule has 2 unspecified atom stereocenters. The third-order valence-electron chi connectivity index (χ3n) is 4.69. The van der Waals surface area contributed by atoms with E-state index in [9.17, 15) is 0 Å². The molecule has 0 radical (unpaired) electrons. The van der Waals surface area contributed by atoms with Crippen molar-refractivity contribution in [2.75, 3.05) is 0 Å². The molecule has 1 nitrogen and oxygen atoms in total. The van der Waals surface area contributed by atoms with Crippen molar-refractivity contribution in [2.45, 2.75) is 71.3 Å². The molecule has 0 heterocycles. The van der Waals surface area contributed by atoms with Crippen LogP contribution in [0.1, 0.15) is 65.2 Å². The van der Waals surface area contributed by atoms with E-state index in [-0.39, 0.29) is 0 Å². The van der Waals surface area contributed by atoms with Crippen LogP contribution in [0, 0.1) is 17.3 Å². The van der Waals surface area contributed by atoms with E-state index in [0.717, 1.165) is 11.8 Å². The van der Waals surface area contributed by atoms with Gasteiger partial charge in [-0.25, -0.2) is 0 Å². The Labute approximate surface area is 94.8 Å². The van der Waals surface area contributed by atoms with Gasteiger partial charge < -0.3 is 5.73 Å². The predicted molar refractivity (Wildman–Crippen MR) is 65.7 cm³/mol. The van der Waals surface area contributed by atoms with Crippen LogP contribution in [-0.2, 0) is 0 Å². The molecule has 0 saturated heterocycles. The fourth-order valence-corrected chi connectivity index (χ4v) is 3.69. The summed E-state index contributed by atoms with van der Waals surface area (Å²) in [7, 11) is 0. The van der Waals surface area contributed by atoms with Crippen molar-refractivity contribution in [1.29, 1.82) is 0 Å². The molecule has 15 heavy (non-hydrogen) atoms. The van der Waals surface area contributed by atoms with Crippen molar-refractivity contribution >= 4 is 0 Å². The molecular weight excluding hydrogens is 182 g/mol. The van der Waals surface area contributed by atoms with E-state index in [2.05, 4.69) is 13.8 Å². The van der Waals surface area contributed by atoms with Crippen LogP contribution in [0.4, 0.5) is 0 Å². The molecule has 0 aromatic carbocycles. The maximum Gasteiger partial charge on any atom is 0.00676 e. The van der Waals surface area contributed by atoms with Gasteiger partial charge in [0.1, 0.15) is 0 Å². The van der Waals surface area contributed by atoms with Gasteiger partial charge in [0.15, 0.2) is 0 Å². The lowest BCUT2D eigenvalue weighted by Crippen LogP contribution is -2.39. The fourth-order valence-electron chi connectivity index (χ4n) is 3.69. The summed E-state index contributed by atoms with van der Waals surface area (Å²) in [5.74, 6) is 1.83. The van der Waals surface area contributed by atoms with E-state index < -0.39 is 0 Å². The van der Waals surface area contributed by atoms with Gasteiger partial charge in [-0.2, -0.15) is 0 Å². The summed E-state index contributed by atoms with van der Waals surface area (Å²) in [6, 6.07) is 0.499. The summed E-state index contributed by atoms with van der Waals surface area (Å²) in [5, 5.41) is 0. The molecule has 2 aliphatic rings. The van der Waals surface area contributed by atoms with E-state index >= 15 is 0 Å². The predicted octanol–water partition coefficient (Wildman–Crippen LogP) is 3.72. The SMILES string of the molecule is CC1(C)CCC(N)C(CC2CCCC2)C1. The highest BCUT2D eigenvalue weighted by molar-refractivity contribution is 4.88. The van der Waals surface area contributed by atoms with Crippen LogP contribution in [0.5, 0.6) is 0 Å².